The van der Waals surface area contributed by atoms with Crippen molar-refractivity contribution in [3.63, 3.8) is 0 Å². The number of nitrogens with two attached hydrogens (primary N) is 1. The summed E-state index contributed by atoms with van der Waals surface area (Å²) in [6, 6.07) is 1.97. The highest BCUT2D eigenvalue weighted by molar-refractivity contribution is 6.04. The Hall–Kier alpha value is -2.35. The number of carbonyl (C=O) groups excluding carboxylic acids is 1. The van der Waals surface area contributed by atoms with Crippen LogP contribution in [0.3, 0.4) is 0 Å². The van der Waals surface area contributed by atoms with E-state index in [4.69, 9.17) is 5.73 Å². The van der Waals surface area contributed by atoms with Crippen molar-refractivity contribution in [2.45, 2.75) is 50.7 Å². The van der Waals surface area contributed by atoms with E-state index in [1.165, 1.54) is 0 Å². The molecule has 1 saturated heterocycles. The zero-order chi connectivity index (χ0) is 17.4. The summed E-state index contributed by atoms with van der Waals surface area (Å²) in [6.07, 6.45) is 6.86. The van der Waals surface area contributed by atoms with Crippen molar-refractivity contribution in [2.24, 2.45) is 0 Å². The molecule has 1 aliphatic heterocycles. The largest absolute Gasteiger partial charge is 0.393 e. The van der Waals surface area contributed by atoms with Gasteiger partial charge in [-0.05, 0) is 44.6 Å². The second-order valence-corrected chi connectivity index (χ2v) is 6.99. The minimum absolute atomic E-state index is 0.0621. The number of aliphatic hydroxyl groups is 1. The summed E-state index contributed by atoms with van der Waals surface area (Å²) in [5, 5.41) is 16.9. The molecule has 0 aromatic carbocycles. The van der Waals surface area contributed by atoms with Gasteiger partial charge in [0.05, 0.1) is 6.10 Å². The van der Waals surface area contributed by atoms with Gasteiger partial charge >= 0.3 is 0 Å². The van der Waals surface area contributed by atoms with Crippen molar-refractivity contribution in [3.05, 3.63) is 17.8 Å². The van der Waals surface area contributed by atoms with Crippen LogP contribution < -0.4 is 16.0 Å². The highest BCUT2D eigenvalue weighted by Gasteiger charge is 2.26. The van der Waals surface area contributed by atoms with E-state index < -0.39 is 0 Å². The molecule has 8 heteroatoms. The number of fused-ring (bicyclic) bond motifs is 1. The molecule has 2 aromatic rings. The molecule has 0 radical (unpaired) electrons. The van der Waals surface area contributed by atoms with Gasteiger partial charge in [-0.15, -0.1) is 5.10 Å². The molecule has 2 aromatic heterocycles. The fraction of sp³-hybridized carbons (Fsp3) is 0.588. The number of hydrogen-bond donors (Lipinski definition) is 3. The van der Waals surface area contributed by atoms with Gasteiger partial charge < -0.3 is 21.1 Å². The number of nitrogen functional groups attached to an aromatic ring is 1. The number of carbonyl (C=O) groups is 1. The summed E-state index contributed by atoms with van der Waals surface area (Å²) in [5.41, 5.74) is 6.83. The number of anilines is 2. The molecule has 2 fully saturated rings. The quantitative estimate of drug-likeness (QED) is 0.765. The molecule has 134 valence electrons. The average molecular weight is 344 g/mol. The van der Waals surface area contributed by atoms with Gasteiger partial charge in [0.15, 0.2) is 11.5 Å². The fourth-order valence-electron chi connectivity index (χ4n) is 3.75. The van der Waals surface area contributed by atoms with Gasteiger partial charge in [0, 0.05) is 25.3 Å². The van der Waals surface area contributed by atoms with Crippen LogP contribution in [0.4, 0.5) is 11.6 Å². The number of nitrogens with one attached hydrogen (secondary N) is 1. The highest BCUT2D eigenvalue weighted by atomic mass is 16.3. The van der Waals surface area contributed by atoms with Gasteiger partial charge in [0.2, 0.25) is 0 Å². The summed E-state index contributed by atoms with van der Waals surface area (Å²) in [7, 11) is 0. The Morgan fingerprint density at radius 1 is 1.24 bits per heavy atom. The van der Waals surface area contributed by atoms with Crippen molar-refractivity contribution in [1.82, 2.24) is 19.9 Å². The molecule has 1 aliphatic carbocycles. The molecule has 3 heterocycles. The zero-order valence-electron chi connectivity index (χ0n) is 14.2. The third kappa shape index (κ3) is 3.13. The second kappa shape index (κ2) is 6.51. The molecular weight excluding hydrogens is 320 g/mol. The maximum absolute atomic E-state index is 12.8. The monoisotopic (exact) mass is 344 g/mol. The fourth-order valence-corrected chi connectivity index (χ4v) is 3.75. The molecule has 4 rings (SSSR count). The molecule has 1 saturated carbocycles. The Morgan fingerprint density at radius 2 is 1.96 bits per heavy atom. The van der Waals surface area contributed by atoms with Crippen LogP contribution in [0.15, 0.2) is 12.3 Å². The first-order chi connectivity index (χ1) is 12.1. The van der Waals surface area contributed by atoms with Crippen molar-refractivity contribution >= 4 is 23.2 Å². The Labute approximate surface area is 146 Å². The van der Waals surface area contributed by atoms with Crippen LogP contribution in [-0.4, -0.2) is 50.8 Å². The SMILES string of the molecule is Nc1nn2ccc(N3CCCC3)nc2c1C(=O)NC1CCC(O)CC1. The van der Waals surface area contributed by atoms with E-state index in [0.29, 0.717) is 24.1 Å². The number of aliphatic hydroxyl groups excluding tert-OH is 1. The van der Waals surface area contributed by atoms with Gasteiger partial charge in [-0.2, -0.15) is 0 Å². The van der Waals surface area contributed by atoms with Gasteiger partial charge in [-0.25, -0.2) is 9.50 Å². The van der Waals surface area contributed by atoms with Crippen molar-refractivity contribution < 1.29 is 9.90 Å². The van der Waals surface area contributed by atoms with Crippen LogP contribution in [0.1, 0.15) is 48.9 Å². The van der Waals surface area contributed by atoms with E-state index in [1.807, 2.05) is 6.07 Å². The molecule has 4 N–H and O–H groups in total. The van der Waals surface area contributed by atoms with Gasteiger partial charge in [-0.1, -0.05) is 0 Å². The maximum atomic E-state index is 12.8. The lowest BCUT2D eigenvalue weighted by atomic mass is 9.93. The zero-order valence-corrected chi connectivity index (χ0v) is 14.2. The lowest BCUT2D eigenvalue weighted by Crippen LogP contribution is -2.38. The first-order valence-electron chi connectivity index (χ1n) is 9.00. The van der Waals surface area contributed by atoms with Crippen molar-refractivity contribution in [3.8, 4) is 0 Å². The molecule has 8 nitrogen and oxygen atoms in total. The van der Waals surface area contributed by atoms with E-state index >= 15 is 0 Å². The number of rotatable bonds is 3. The molecule has 0 spiro atoms. The van der Waals surface area contributed by atoms with E-state index in [9.17, 15) is 9.90 Å². The van der Waals surface area contributed by atoms with E-state index in [2.05, 4.69) is 20.3 Å². The van der Waals surface area contributed by atoms with Crippen molar-refractivity contribution in [2.75, 3.05) is 23.7 Å². The maximum Gasteiger partial charge on any atom is 0.259 e. The third-order valence-corrected chi connectivity index (χ3v) is 5.19. The molecule has 1 amide bonds. The van der Waals surface area contributed by atoms with Gasteiger partial charge in [-0.3, -0.25) is 4.79 Å². The number of hydrogen-bond acceptors (Lipinski definition) is 6. The lowest BCUT2D eigenvalue weighted by molar-refractivity contribution is 0.0869. The smallest absolute Gasteiger partial charge is 0.259 e. The predicted molar refractivity (Wildman–Crippen MR) is 94.6 cm³/mol. The Morgan fingerprint density at radius 3 is 2.68 bits per heavy atom. The second-order valence-electron chi connectivity index (χ2n) is 6.99. The van der Waals surface area contributed by atoms with E-state index in [1.54, 1.807) is 10.7 Å². The van der Waals surface area contributed by atoms with Crippen LogP contribution in [0.25, 0.3) is 5.65 Å². The first-order valence-corrected chi connectivity index (χ1v) is 9.00. The first kappa shape index (κ1) is 16.1. The molecule has 2 aliphatic rings. The molecule has 25 heavy (non-hydrogen) atoms. The number of aromatic nitrogens is 3. The van der Waals surface area contributed by atoms with Crippen LogP contribution in [0.5, 0.6) is 0 Å². The summed E-state index contributed by atoms with van der Waals surface area (Å²) in [5.74, 6) is 0.819. The predicted octanol–water partition coefficient (Wildman–Crippen LogP) is 0.945. The average Bonchev–Trinajstić information content (AvgIpc) is 3.23. The van der Waals surface area contributed by atoms with Crippen LogP contribution in [-0.2, 0) is 0 Å². The van der Waals surface area contributed by atoms with Crippen LogP contribution in [0, 0.1) is 0 Å². The van der Waals surface area contributed by atoms with Gasteiger partial charge in [0.25, 0.3) is 5.91 Å². The van der Waals surface area contributed by atoms with Crippen molar-refractivity contribution in [1.29, 1.82) is 0 Å². The topological polar surface area (TPSA) is 109 Å². The number of nitrogens with zero attached hydrogens (tertiary/aromatic N) is 4. The summed E-state index contributed by atoms with van der Waals surface area (Å²) < 4.78 is 1.56. The van der Waals surface area contributed by atoms with E-state index in [0.717, 1.165) is 44.6 Å². The highest BCUT2D eigenvalue weighted by Crippen LogP contribution is 2.23. The Balaban J connectivity index is 1.60. The van der Waals surface area contributed by atoms with Crippen LogP contribution >= 0.6 is 0 Å². The summed E-state index contributed by atoms with van der Waals surface area (Å²) in [6.45, 7) is 1.97. The third-order valence-electron chi connectivity index (χ3n) is 5.19. The normalized spacial score (nSPS) is 24.0. The minimum Gasteiger partial charge on any atom is -0.393 e. The Bertz CT molecular complexity index is 775. The van der Waals surface area contributed by atoms with E-state index in [-0.39, 0.29) is 23.9 Å². The standard InChI is InChI=1S/C17H24N6O2/c18-15-14(17(25)19-11-3-5-12(24)6-4-11)16-20-13(7-10-23(16)21-15)22-8-1-2-9-22/h7,10-12,24H,1-6,8-9H2,(H2,18,21)(H,19,25). The molecule has 0 unspecified atom stereocenters. The van der Waals surface area contributed by atoms with Crippen LogP contribution in [0.2, 0.25) is 0 Å². The minimum atomic E-state index is -0.250. The molecule has 0 bridgehead atoms. The Kier molecular flexibility index (Phi) is 4.20. The number of amides is 1. The summed E-state index contributed by atoms with van der Waals surface area (Å²) in [4.78, 5) is 19.6. The lowest BCUT2D eigenvalue weighted by Gasteiger charge is -2.26. The van der Waals surface area contributed by atoms with Gasteiger partial charge in [0.1, 0.15) is 11.4 Å². The molecular formula is C17H24N6O2. The molecule has 0 atom stereocenters. The summed E-state index contributed by atoms with van der Waals surface area (Å²) >= 11 is 0.